The molecule has 0 aromatic rings. The highest BCUT2D eigenvalue weighted by atomic mass is 28.2. The quantitative estimate of drug-likeness (QED) is 0.453. The summed E-state index contributed by atoms with van der Waals surface area (Å²) in [6, 6.07) is 0. The molecule has 0 aliphatic carbocycles. The van der Waals surface area contributed by atoms with Crippen molar-refractivity contribution in [2.75, 3.05) is 0 Å². The molecule has 0 unspecified atom stereocenters. The van der Waals surface area contributed by atoms with Gasteiger partial charge in [-0.15, -0.1) is 12.3 Å². The largest absolute Gasteiger partial charge is 0.108 e. The fourth-order valence-electron chi connectivity index (χ4n) is 0.433. The Labute approximate surface area is 48.4 Å². The lowest BCUT2D eigenvalue weighted by atomic mass is 10.3. The molecule has 7 heavy (non-hydrogen) atoms. The van der Waals surface area contributed by atoms with Gasteiger partial charge in [0.05, 0.1) is 0 Å². The van der Waals surface area contributed by atoms with Gasteiger partial charge in [0.25, 0.3) is 0 Å². The van der Waals surface area contributed by atoms with Crippen LogP contribution >= 0.6 is 0 Å². The van der Waals surface area contributed by atoms with E-state index in [1.54, 1.807) is 0 Å². The van der Waals surface area contributed by atoms with Crippen molar-refractivity contribution in [2.45, 2.75) is 25.8 Å². The van der Waals surface area contributed by atoms with Crippen molar-refractivity contribution in [1.29, 1.82) is 0 Å². The third kappa shape index (κ3) is 5.96. The van der Waals surface area contributed by atoms with E-state index in [1.807, 2.05) is 0 Å². The highest BCUT2D eigenvalue weighted by Crippen LogP contribution is 2.19. The number of hydrogen-bond donors (Lipinski definition) is 0. The van der Waals surface area contributed by atoms with Crippen molar-refractivity contribution in [3.8, 4) is 0 Å². The van der Waals surface area contributed by atoms with E-state index < -0.39 is 0 Å². The summed E-state index contributed by atoms with van der Waals surface area (Å²) < 4.78 is 0. The summed E-state index contributed by atoms with van der Waals surface area (Å²) in [6.07, 6.45) is 0. The monoisotopic (exact) mass is 114 g/mol. The van der Waals surface area contributed by atoms with Crippen LogP contribution in [0.1, 0.15) is 20.8 Å². The van der Waals surface area contributed by atoms with Gasteiger partial charge in [-0.2, -0.15) is 0 Å². The summed E-state index contributed by atoms with van der Waals surface area (Å²) in [5.74, 6) is 0. The second-order valence-corrected chi connectivity index (χ2v) is 6.16. The number of rotatable bonds is 1. The lowest BCUT2D eigenvalue weighted by Crippen LogP contribution is -2.03. The first-order chi connectivity index (χ1) is 3.06. The minimum atomic E-state index is 0.0239. The van der Waals surface area contributed by atoms with Gasteiger partial charge in [0, 0.05) is 9.52 Å². The second kappa shape index (κ2) is 2.31. The van der Waals surface area contributed by atoms with E-state index in [-0.39, 0.29) is 9.52 Å². The molecule has 0 aromatic carbocycles. The Kier molecular flexibility index (Phi) is 2.30. The van der Waals surface area contributed by atoms with E-state index in [0.717, 1.165) is 0 Å². The lowest BCUT2D eigenvalue weighted by Gasteiger charge is -2.12. The lowest BCUT2D eigenvalue weighted by molar-refractivity contribution is 0.759. The number of hydrogen-bond acceptors (Lipinski definition) is 0. The van der Waals surface area contributed by atoms with Gasteiger partial charge in [0.15, 0.2) is 0 Å². The smallest absolute Gasteiger partial charge is 0.0500 e. The Balaban J connectivity index is 3.34. The summed E-state index contributed by atoms with van der Waals surface area (Å²) in [6.45, 7) is 10.5. The van der Waals surface area contributed by atoms with Crippen LogP contribution in [0, 0.1) is 0 Å². The molecule has 42 valence electrons. The standard InChI is InChI=1S/C6H14Si/c1-5-7-6(2,3)4/h5H,1,7H2,2-4H3. The van der Waals surface area contributed by atoms with E-state index in [4.69, 9.17) is 0 Å². The molecular weight excluding hydrogens is 100 g/mol. The van der Waals surface area contributed by atoms with Crippen molar-refractivity contribution in [3.63, 3.8) is 0 Å². The molecule has 1 heteroatoms. The minimum Gasteiger partial charge on any atom is -0.108 e. The van der Waals surface area contributed by atoms with Crippen LogP contribution in [-0.2, 0) is 0 Å². The van der Waals surface area contributed by atoms with Crippen LogP contribution < -0.4 is 0 Å². The van der Waals surface area contributed by atoms with Crippen LogP contribution in [0.5, 0.6) is 0 Å². The van der Waals surface area contributed by atoms with E-state index in [2.05, 4.69) is 33.0 Å². The topological polar surface area (TPSA) is 0 Å². The first-order valence-corrected chi connectivity index (χ1v) is 4.19. The van der Waals surface area contributed by atoms with Gasteiger partial charge in [-0.25, -0.2) is 0 Å². The fourth-order valence-corrected chi connectivity index (χ4v) is 1.30. The van der Waals surface area contributed by atoms with E-state index >= 15 is 0 Å². The van der Waals surface area contributed by atoms with E-state index in [0.29, 0.717) is 5.04 Å². The van der Waals surface area contributed by atoms with E-state index in [1.165, 1.54) is 0 Å². The predicted molar refractivity (Wildman–Crippen MR) is 38.5 cm³/mol. The molecule has 0 rings (SSSR count). The van der Waals surface area contributed by atoms with Crippen molar-refractivity contribution < 1.29 is 0 Å². The van der Waals surface area contributed by atoms with Crippen LogP contribution in [-0.4, -0.2) is 9.52 Å². The van der Waals surface area contributed by atoms with Gasteiger partial charge >= 0.3 is 0 Å². The second-order valence-electron chi connectivity index (χ2n) is 3.05. The third-order valence-corrected chi connectivity index (χ3v) is 2.27. The van der Waals surface area contributed by atoms with Gasteiger partial charge in [0.1, 0.15) is 0 Å². The van der Waals surface area contributed by atoms with Crippen molar-refractivity contribution in [1.82, 2.24) is 0 Å². The Morgan fingerprint density at radius 2 is 1.86 bits per heavy atom. The van der Waals surface area contributed by atoms with Crippen molar-refractivity contribution in [3.05, 3.63) is 12.3 Å². The zero-order valence-corrected chi connectivity index (χ0v) is 6.91. The molecule has 0 aliphatic rings. The molecule has 0 bridgehead atoms. The summed E-state index contributed by atoms with van der Waals surface area (Å²) in [5, 5.41) is 0.571. The maximum Gasteiger partial charge on any atom is 0.0500 e. The molecule has 0 saturated heterocycles. The van der Waals surface area contributed by atoms with Gasteiger partial charge in [0.2, 0.25) is 0 Å². The molecule has 0 N–H and O–H groups in total. The van der Waals surface area contributed by atoms with Crippen LogP contribution in [0.3, 0.4) is 0 Å². The molecule has 0 amide bonds. The van der Waals surface area contributed by atoms with Gasteiger partial charge in [-0.3, -0.25) is 0 Å². The van der Waals surface area contributed by atoms with Crippen LogP contribution in [0.2, 0.25) is 5.04 Å². The molecule has 0 nitrogen and oxygen atoms in total. The highest BCUT2D eigenvalue weighted by Gasteiger charge is 2.05. The molecule has 0 heterocycles. The van der Waals surface area contributed by atoms with Gasteiger partial charge in [-0.1, -0.05) is 20.8 Å². The highest BCUT2D eigenvalue weighted by molar-refractivity contribution is 6.45. The maximum absolute atomic E-state index is 3.71. The Morgan fingerprint density at radius 3 is 1.86 bits per heavy atom. The Hall–Kier alpha value is -0.0431. The summed E-state index contributed by atoms with van der Waals surface area (Å²) >= 11 is 0. The predicted octanol–water partition coefficient (Wildman–Crippen LogP) is 1.52. The molecular formula is C6H14Si. The summed E-state index contributed by atoms with van der Waals surface area (Å²) in [7, 11) is 0.0239. The molecule has 0 fully saturated rings. The maximum atomic E-state index is 3.71. The molecule has 0 atom stereocenters. The first kappa shape index (κ1) is 6.96. The molecule has 0 saturated carbocycles. The van der Waals surface area contributed by atoms with Gasteiger partial charge < -0.3 is 0 Å². The molecule has 0 radical (unpaired) electrons. The van der Waals surface area contributed by atoms with Gasteiger partial charge in [-0.05, 0) is 5.04 Å². The molecule has 0 aliphatic heterocycles. The molecule has 0 spiro atoms. The fraction of sp³-hybridized carbons (Fsp3) is 0.667. The zero-order chi connectivity index (χ0) is 5.91. The minimum absolute atomic E-state index is 0.0239. The van der Waals surface area contributed by atoms with Crippen molar-refractivity contribution in [2.24, 2.45) is 0 Å². The summed E-state index contributed by atoms with van der Waals surface area (Å²) in [5.41, 5.74) is 2.10. The van der Waals surface area contributed by atoms with Crippen LogP contribution in [0.15, 0.2) is 12.3 Å². The summed E-state index contributed by atoms with van der Waals surface area (Å²) in [4.78, 5) is 0. The van der Waals surface area contributed by atoms with Crippen LogP contribution in [0.4, 0.5) is 0 Å². The Morgan fingerprint density at radius 1 is 1.43 bits per heavy atom. The van der Waals surface area contributed by atoms with Crippen LogP contribution in [0.25, 0.3) is 0 Å². The van der Waals surface area contributed by atoms with Crippen molar-refractivity contribution >= 4 is 9.52 Å². The Bertz CT molecular complexity index is 59.1. The SMILES string of the molecule is C=C[SiH2]C(C)(C)C. The normalized spacial score (nSPS) is 13.0. The third-order valence-electron chi connectivity index (χ3n) is 0.757. The van der Waals surface area contributed by atoms with E-state index in [9.17, 15) is 0 Å². The average Bonchev–Trinajstić information content (AvgIpc) is 1.30. The average molecular weight is 114 g/mol. The zero-order valence-electron chi connectivity index (χ0n) is 5.49. The molecule has 0 aromatic heterocycles. The first-order valence-electron chi connectivity index (χ1n) is 2.67.